The van der Waals surface area contributed by atoms with Crippen LogP contribution in [0.1, 0.15) is 19.3 Å². The van der Waals surface area contributed by atoms with Gasteiger partial charge >= 0.3 is 0 Å². The summed E-state index contributed by atoms with van der Waals surface area (Å²) in [5, 5.41) is 8.43. The zero-order chi connectivity index (χ0) is 12.0. The van der Waals surface area contributed by atoms with Crippen molar-refractivity contribution in [3.8, 4) is 6.07 Å². The third-order valence-corrected chi connectivity index (χ3v) is 2.93. The molecular formula is C12H16BrN3. The number of nitrogens with zero attached hydrogens (tertiary/aromatic N) is 2. The predicted molar refractivity (Wildman–Crippen MR) is 71.3 cm³/mol. The van der Waals surface area contributed by atoms with Crippen LogP contribution in [-0.2, 0) is 0 Å². The first kappa shape index (κ1) is 12.9. The maximum atomic E-state index is 8.43. The van der Waals surface area contributed by atoms with E-state index in [0.717, 1.165) is 35.2 Å². The normalized spacial score (nSPS) is 9.81. The van der Waals surface area contributed by atoms with Crippen LogP contribution in [0.4, 0.5) is 11.4 Å². The van der Waals surface area contributed by atoms with Crippen LogP contribution in [0.3, 0.4) is 0 Å². The van der Waals surface area contributed by atoms with Crippen molar-refractivity contribution >= 4 is 27.3 Å². The fourth-order valence-corrected chi connectivity index (χ4v) is 1.93. The van der Waals surface area contributed by atoms with Gasteiger partial charge in [0.15, 0.2) is 0 Å². The SMILES string of the molecule is CN(CCCCC#N)c1ccc(Br)cc1N. The van der Waals surface area contributed by atoms with E-state index in [1.165, 1.54) is 0 Å². The summed E-state index contributed by atoms with van der Waals surface area (Å²) in [6.45, 7) is 0.924. The van der Waals surface area contributed by atoms with E-state index in [2.05, 4.69) is 26.9 Å². The van der Waals surface area contributed by atoms with Gasteiger partial charge in [-0.15, -0.1) is 0 Å². The molecule has 0 amide bonds. The van der Waals surface area contributed by atoms with Crippen LogP contribution in [0, 0.1) is 11.3 Å². The Morgan fingerprint density at radius 2 is 2.19 bits per heavy atom. The lowest BCUT2D eigenvalue weighted by Crippen LogP contribution is -2.19. The summed E-state index contributed by atoms with van der Waals surface area (Å²) in [7, 11) is 2.02. The molecule has 0 bridgehead atoms. The molecule has 3 nitrogen and oxygen atoms in total. The first-order valence-electron chi connectivity index (χ1n) is 5.28. The van der Waals surface area contributed by atoms with Gasteiger partial charge < -0.3 is 10.6 Å². The lowest BCUT2D eigenvalue weighted by Gasteiger charge is -2.20. The molecule has 4 heteroatoms. The molecule has 0 heterocycles. The van der Waals surface area contributed by atoms with Gasteiger partial charge in [0.2, 0.25) is 0 Å². The van der Waals surface area contributed by atoms with E-state index in [0.29, 0.717) is 6.42 Å². The highest BCUT2D eigenvalue weighted by Gasteiger charge is 2.04. The van der Waals surface area contributed by atoms with Gasteiger partial charge in [0.25, 0.3) is 0 Å². The number of nitrogens with two attached hydrogens (primary N) is 1. The average Bonchev–Trinajstić information content (AvgIpc) is 2.24. The van der Waals surface area contributed by atoms with Gasteiger partial charge in [0.1, 0.15) is 0 Å². The van der Waals surface area contributed by atoms with Crippen LogP contribution in [0.2, 0.25) is 0 Å². The van der Waals surface area contributed by atoms with Gasteiger partial charge in [0.05, 0.1) is 17.4 Å². The van der Waals surface area contributed by atoms with Crippen molar-refractivity contribution in [2.24, 2.45) is 0 Å². The summed E-state index contributed by atoms with van der Waals surface area (Å²) >= 11 is 3.38. The molecule has 0 saturated heterocycles. The first-order valence-corrected chi connectivity index (χ1v) is 6.07. The van der Waals surface area contributed by atoms with Crippen molar-refractivity contribution in [3.63, 3.8) is 0 Å². The highest BCUT2D eigenvalue weighted by Crippen LogP contribution is 2.25. The van der Waals surface area contributed by atoms with Crippen molar-refractivity contribution in [1.82, 2.24) is 0 Å². The summed E-state index contributed by atoms with van der Waals surface area (Å²) in [4.78, 5) is 2.12. The molecule has 0 aliphatic heterocycles. The lowest BCUT2D eigenvalue weighted by molar-refractivity contribution is 0.734. The van der Waals surface area contributed by atoms with E-state index in [9.17, 15) is 0 Å². The average molecular weight is 282 g/mol. The molecule has 86 valence electrons. The van der Waals surface area contributed by atoms with E-state index in [-0.39, 0.29) is 0 Å². The number of unbranched alkanes of at least 4 members (excludes halogenated alkanes) is 2. The van der Waals surface area contributed by atoms with Crippen LogP contribution >= 0.6 is 15.9 Å². The van der Waals surface area contributed by atoms with Gasteiger partial charge in [0, 0.05) is 24.5 Å². The molecule has 16 heavy (non-hydrogen) atoms. The molecule has 1 rings (SSSR count). The van der Waals surface area contributed by atoms with Gasteiger partial charge in [-0.25, -0.2) is 0 Å². The summed E-state index contributed by atoms with van der Waals surface area (Å²) in [6.07, 6.45) is 2.58. The van der Waals surface area contributed by atoms with Crippen LogP contribution < -0.4 is 10.6 Å². The highest BCUT2D eigenvalue weighted by molar-refractivity contribution is 9.10. The standard InChI is InChI=1S/C12H16BrN3/c1-16(8-4-2-3-7-14)12-6-5-10(13)9-11(12)15/h5-6,9H,2-4,8,15H2,1H3. The van der Waals surface area contributed by atoms with Crippen LogP contribution in [0.5, 0.6) is 0 Å². The first-order chi connectivity index (χ1) is 7.65. The van der Waals surface area contributed by atoms with Crippen molar-refractivity contribution in [2.45, 2.75) is 19.3 Å². The molecule has 0 radical (unpaired) electrons. The second-order valence-corrected chi connectivity index (χ2v) is 4.66. The van der Waals surface area contributed by atoms with Gasteiger partial charge in [-0.05, 0) is 31.0 Å². The molecule has 1 aromatic carbocycles. The van der Waals surface area contributed by atoms with Crippen molar-refractivity contribution in [1.29, 1.82) is 5.26 Å². The minimum absolute atomic E-state index is 0.629. The summed E-state index contributed by atoms with van der Waals surface area (Å²) < 4.78 is 0.992. The zero-order valence-electron chi connectivity index (χ0n) is 9.41. The Balaban J connectivity index is 2.53. The quantitative estimate of drug-likeness (QED) is 0.666. The van der Waals surface area contributed by atoms with Crippen molar-refractivity contribution in [3.05, 3.63) is 22.7 Å². The Labute approximate surface area is 105 Å². The maximum absolute atomic E-state index is 8.43. The van der Waals surface area contributed by atoms with Crippen molar-refractivity contribution < 1.29 is 0 Å². The van der Waals surface area contributed by atoms with Gasteiger partial charge in [-0.1, -0.05) is 15.9 Å². The van der Waals surface area contributed by atoms with Gasteiger partial charge in [-0.3, -0.25) is 0 Å². The van der Waals surface area contributed by atoms with E-state index in [4.69, 9.17) is 11.0 Å². The molecule has 0 aromatic heterocycles. The van der Waals surface area contributed by atoms with E-state index < -0.39 is 0 Å². The van der Waals surface area contributed by atoms with Crippen LogP contribution in [0.25, 0.3) is 0 Å². The fraction of sp³-hybridized carbons (Fsp3) is 0.417. The van der Waals surface area contributed by atoms with Crippen molar-refractivity contribution in [2.75, 3.05) is 24.2 Å². The number of nitriles is 1. The molecule has 0 spiro atoms. The highest BCUT2D eigenvalue weighted by atomic mass is 79.9. The molecule has 0 aliphatic carbocycles. The smallest absolute Gasteiger partial charge is 0.0621 e. The largest absolute Gasteiger partial charge is 0.397 e. The predicted octanol–water partition coefficient (Wildman–Crippen LogP) is 3.16. The molecule has 0 saturated carbocycles. The number of halogens is 1. The second kappa shape index (κ2) is 6.39. The Bertz CT molecular complexity index is 384. The minimum atomic E-state index is 0.629. The zero-order valence-corrected chi connectivity index (χ0v) is 11.0. The molecule has 0 unspecified atom stereocenters. The summed E-state index contributed by atoms with van der Waals surface area (Å²) in [5.74, 6) is 0. The van der Waals surface area contributed by atoms with Crippen LogP contribution in [0.15, 0.2) is 22.7 Å². The van der Waals surface area contributed by atoms with E-state index in [1.54, 1.807) is 0 Å². The topological polar surface area (TPSA) is 53.0 Å². The molecule has 1 aromatic rings. The number of benzene rings is 1. The third-order valence-electron chi connectivity index (χ3n) is 2.43. The monoisotopic (exact) mass is 281 g/mol. The fourth-order valence-electron chi connectivity index (χ4n) is 1.55. The lowest BCUT2D eigenvalue weighted by atomic mass is 10.2. The Morgan fingerprint density at radius 3 is 2.81 bits per heavy atom. The Kier molecular flexibility index (Phi) is 5.13. The Morgan fingerprint density at radius 1 is 1.44 bits per heavy atom. The molecular weight excluding hydrogens is 266 g/mol. The molecule has 0 aliphatic rings. The summed E-state index contributed by atoms with van der Waals surface area (Å²) in [6, 6.07) is 8.04. The third kappa shape index (κ3) is 3.74. The number of anilines is 2. The van der Waals surface area contributed by atoms with Crippen LogP contribution in [-0.4, -0.2) is 13.6 Å². The van der Waals surface area contributed by atoms with E-state index >= 15 is 0 Å². The van der Waals surface area contributed by atoms with Gasteiger partial charge in [-0.2, -0.15) is 5.26 Å². The molecule has 0 fully saturated rings. The second-order valence-electron chi connectivity index (χ2n) is 3.74. The number of hydrogen-bond donors (Lipinski definition) is 1. The minimum Gasteiger partial charge on any atom is -0.397 e. The number of nitrogen functional groups attached to an aromatic ring is 1. The maximum Gasteiger partial charge on any atom is 0.0621 e. The molecule has 2 N–H and O–H groups in total. The summed E-state index contributed by atoms with van der Waals surface area (Å²) in [5.41, 5.74) is 7.75. The molecule has 0 atom stereocenters. The van der Waals surface area contributed by atoms with E-state index in [1.807, 2.05) is 25.2 Å². The number of hydrogen-bond acceptors (Lipinski definition) is 3. The Hall–Kier alpha value is -1.21. The number of rotatable bonds is 5.